The lowest BCUT2D eigenvalue weighted by Gasteiger charge is -2.27. The van der Waals surface area contributed by atoms with Crippen molar-refractivity contribution in [1.29, 1.82) is 0 Å². The van der Waals surface area contributed by atoms with E-state index in [1.807, 2.05) is 6.92 Å². The number of hydrogen-bond donors (Lipinski definition) is 5. The molecule has 2 aliphatic heterocycles. The molecule has 2 heterocycles. The molecule has 0 aliphatic carbocycles. The molecule has 8 heteroatoms. The topological polar surface area (TPSA) is 137 Å². The molecule has 0 aromatic rings. The third-order valence-electron chi connectivity index (χ3n) is 9.21. The minimum absolute atomic E-state index is 0.0259. The Hall–Kier alpha value is -1.03. The summed E-state index contributed by atoms with van der Waals surface area (Å²) in [5.74, 6) is -0.327. The zero-order valence-corrected chi connectivity index (χ0v) is 27.2. The Bertz CT molecular complexity index is 758. The highest BCUT2D eigenvalue weighted by Crippen LogP contribution is 2.29. The minimum atomic E-state index is -1.15. The van der Waals surface area contributed by atoms with Crippen LogP contribution < -0.4 is 0 Å². The summed E-state index contributed by atoms with van der Waals surface area (Å²) < 4.78 is 11.1. The Labute approximate surface area is 261 Å². The zero-order chi connectivity index (χ0) is 31.5. The van der Waals surface area contributed by atoms with E-state index in [1.165, 1.54) is 57.8 Å². The molecule has 8 unspecified atom stereocenters. The van der Waals surface area contributed by atoms with E-state index in [0.717, 1.165) is 51.4 Å². The number of unbranched alkanes of at least 4 members (excludes halogenated alkanes) is 13. The van der Waals surface area contributed by atoms with E-state index in [2.05, 4.69) is 6.92 Å². The van der Waals surface area contributed by atoms with E-state index >= 15 is 0 Å². The van der Waals surface area contributed by atoms with Crippen molar-refractivity contribution in [3.05, 3.63) is 11.6 Å². The third kappa shape index (κ3) is 16.2. The molecule has 5 N–H and O–H groups in total. The zero-order valence-electron chi connectivity index (χ0n) is 27.2. The van der Waals surface area contributed by atoms with Gasteiger partial charge in [0.1, 0.15) is 12.2 Å². The molecule has 252 valence electrons. The molecular formula is C35H64O8. The lowest BCUT2D eigenvalue weighted by atomic mass is 9.95. The molecule has 0 aromatic heterocycles. The lowest BCUT2D eigenvalue weighted by molar-refractivity contribution is -0.139. The van der Waals surface area contributed by atoms with Gasteiger partial charge >= 0.3 is 5.97 Å². The van der Waals surface area contributed by atoms with E-state index in [-0.39, 0.29) is 24.6 Å². The smallest absolute Gasteiger partial charge is 0.334 e. The second-order valence-corrected chi connectivity index (χ2v) is 13.3. The van der Waals surface area contributed by atoms with Gasteiger partial charge in [0.05, 0.1) is 36.6 Å². The van der Waals surface area contributed by atoms with E-state index in [0.29, 0.717) is 31.3 Å². The first kappa shape index (κ1) is 38.2. The fourth-order valence-electron chi connectivity index (χ4n) is 6.44. The predicted molar refractivity (Wildman–Crippen MR) is 170 cm³/mol. The maximum absolute atomic E-state index is 11.7. The molecule has 0 bridgehead atoms. The highest BCUT2D eigenvalue weighted by atomic mass is 16.5. The van der Waals surface area contributed by atoms with Crippen LogP contribution in [0.1, 0.15) is 155 Å². The molecule has 8 nitrogen and oxygen atoms in total. The number of cyclic esters (lactones) is 1. The van der Waals surface area contributed by atoms with Gasteiger partial charge in [-0.15, -0.1) is 0 Å². The van der Waals surface area contributed by atoms with Gasteiger partial charge in [-0.25, -0.2) is 4.79 Å². The van der Waals surface area contributed by atoms with Gasteiger partial charge in [0.25, 0.3) is 0 Å². The molecule has 8 atom stereocenters. The first-order chi connectivity index (χ1) is 20.7. The predicted octanol–water partition coefficient (Wildman–Crippen LogP) is 6.03. The molecule has 1 fully saturated rings. The monoisotopic (exact) mass is 612 g/mol. The minimum Gasteiger partial charge on any atom is -0.455 e. The lowest BCUT2D eigenvalue weighted by Crippen LogP contribution is -2.41. The van der Waals surface area contributed by atoms with Crippen molar-refractivity contribution in [3.8, 4) is 0 Å². The molecule has 0 amide bonds. The van der Waals surface area contributed by atoms with Crippen LogP contribution in [0.3, 0.4) is 0 Å². The number of ether oxygens (including phenoxy) is 2. The highest BCUT2D eigenvalue weighted by Gasteiger charge is 2.35. The van der Waals surface area contributed by atoms with Gasteiger partial charge in [-0.2, -0.15) is 0 Å². The Morgan fingerprint density at radius 2 is 1.33 bits per heavy atom. The number of rotatable bonds is 26. The number of esters is 1. The maximum Gasteiger partial charge on any atom is 0.334 e. The van der Waals surface area contributed by atoms with Gasteiger partial charge in [-0.1, -0.05) is 103 Å². The van der Waals surface area contributed by atoms with Crippen molar-refractivity contribution in [3.63, 3.8) is 0 Å². The van der Waals surface area contributed by atoms with Crippen LogP contribution in [-0.4, -0.2) is 80.3 Å². The fraction of sp³-hybridized carbons (Fsp3) is 0.914. The Morgan fingerprint density at radius 1 is 0.744 bits per heavy atom. The number of aliphatic hydroxyl groups is 5. The van der Waals surface area contributed by atoms with Crippen molar-refractivity contribution in [2.75, 3.05) is 0 Å². The van der Waals surface area contributed by atoms with Crippen molar-refractivity contribution in [1.82, 2.24) is 0 Å². The van der Waals surface area contributed by atoms with Gasteiger partial charge in [0, 0.05) is 18.4 Å². The van der Waals surface area contributed by atoms with E-state index in [9.17, 15) is 30.3 Å². The molecular weight excluding hydrogens is 548 g/mol. The average molecular weight is 613 g/mol. The van der Waals surface area contributed by atoms with Crippen LogP contribution in [0.25, 0.3) is 0 Å². The summed E-state index contributed by atoms with van der Waals surface area (Å²) in [6.07, 6.45) is 17.8. The van der Waals surface area contributed by atoms with Crippen molar-refractivity contribution < 1.29 is 39.8 Å². The Kier molecular flexibility index (Phi) is 19.9. The SMILES string of the molecule is CCCCCCCCCCCCCCC(O)C(O)CC(O)C(O)C1CCC(CCCCCC(O)CC2=CC(C)OC2=O)O1. The van der Waals surface area contributed by atoms with Gasteiger partial charge in [0.2, 0.25) is 0 Å². The summed E-state index contributed by atoms with van der Waals surface area (Å²) in [5, 5.41) is 52.2. The summed E-state index contributed by atoms with van der Waals surface area (Å²) in [5.41, 5.74) is 0.563. The quantitative estimate of drug-likeness (QED) is 0.0590. The summed E-state index contributed by atoms with van der Waals surface area (Å²) in [7, 11) is 0. The van der Waals surface area contributed by atoms with Gasteiger partial charge in [-0.05, 0) is 45.1 Å². The van der Waals surface area contributed by atoms with E-state index in [4.69, 9.17) is 9.47 Å². The second-order valence-electron chi connectivity index (χ2n) is 13.3. The molecule has 0 radical (unpaired) electrons. The summed E-state index contributed by atoms with van der Waals surface area (Å²) >= 11 is 0. The molecule has 1 saturated heterocycles. The van der Waals surface area contributed by atoms with Crippen LogP contribution >= 0.6 is 0 Å². The highest BCUT2D eigenvalue weighted by molar-refractivity contribution is 5.90. The number of carbonyl (C=O) groups is 1. The van der Waals surface area contributed by atoms with Crippen molar-refractivity contribution in [2.45, 2.75) is 204 Å². The van der Waals surface area contributed by atoms with E-state index < -0.39 is 36.6 Å². The third-order valence-corrected chi connectivity index (χ3v) is 9.21. The average Bonchev–Trinajstić information content (AvgIpc) is 3.57. The molecule has 0 aromatic carbocycles. The van der Waals surface area contributed by atoms with Crippen LogP contribution in [0.15, 0.2) is 11.6 Å². The molecule has 0 saturated carbocycles. The number of carbonyl (C=O) groups excluding carboxylic acids is 1. The first-order valence-corrected chi connectivity index (χ1v) is 17.7. The van der Waals surface area contributed by atoms with Crippen LogP contribution in [-0.2, 0) is 14.3 Å². The van der Waals surface area contributed by atoms with Crippen LogP contribution in [0, 0.1) is 0 Å². The molecule has 0 spiro atoms. The Balaban J connectivity index is 1.47. The first-order valence-electron chi connectivity index (χ1n) is 17.7. The number of hydrogen-bond acceptors (Lipinski definition) is 8. The number of aliphatic hydroxyl groups excluding tert-OH is 5. The molecule has 2 aliphatic rings. The normalized spacial score (nSPS) is 24.0. The van der Waals surface area contributed by atoms with Crippen LogP contribution in [0.2, 0.25) is 0 Å². The summed E-state index contributed by atoms with van der Waals surface area (Å²) in [6.45, 7) is 4.05. The van der Waals surface area contributed by atoms with Crippen LogP contribution in [0.5, 0.6) is 0 Å². The van der Waals surface area contributed by atoms with Gasteiger partial charge in [-0.3, -0.25) is 0 Å². The van der Waals surface area contributed by atoms with Gasteiger partial charge < -0.3 is 35.0 Å². The summed E-state index contributed by atoms with van der Waals surface area (Å²) in [4.78, 5) is 11.7. The van der Waals surface area contributed by atoms with Crippen molar-refractivity contribution >= 4 is 5.97 Å². The molecule has 2 rings (SSSR count). The van der Waals surface area contributed by atoms with Crippen molar-refractivity contribution in [2.24, 2.45) is 0 Å². The summed E-state index contributed by atoms with van der Waals surface area (Å²) in [6, 6.07) is 0. The fourth-order valence-corrected chi connectivity index (χ4v) is 6.44. The Morgan fingerprint density at radius 3 is 1.93 bits per heavy atom. The van der Waals surface area contributed by atoms with Crippen LogP contribution in [0.4, 0.5) is 0 Å². The maximum atomic E-state index is 11.7. The van der Waals surface area contributed by atoms with E-state index in [1.54, 1.807) is 6.08 Å². The second kappa shape index (κ2) is 22.5. The largest absolute Gasteiger partial charge is 0.455 e. The molecule has 43 heavy (non-hydrogen) atoms. The van der Waals surface area contributed by atoms with Gasteiger partial charge in [0.15, 0.2) is 0 Å². The standard InChI is InChI=1S/C35H64O8/c1-3-4-5-6-7-8-9-10-11-12-13-17-20-30(37)31(38)25-32(39)34(40)33-22-21-29(43-33)19-16-14-15-18-28(36)24-27-23-26(2)42-35(27)41/h23,26,28-34,36-40H,3-22,24-25H2,1-2H3.